The largest absolute Gasteiger partial charge is 0.437 e. The van der Waals surface area contributed by atoms with Gasteiger partial charge in [0.25, 0.3) is 0 Å². The van der Waals surface area contributed by atoms with Crippen molar-refractivity contribution in [1.82, 2.24) is 4.98 Å². The molecule has 0 aliphatic carbocycles. The molecule has 1 heterocycles. The lowest BCUT2D eigenvalue weighted by Gasteiger charge is -2.09. The molecule has 6 heteroatoms. The van der Waals surface area contributed by atoms with Gasteiger partial charge >= 0.3 is 0 Å². The number of amidine groups is 1. The van der Waals surface area contributed by atoms with E-state index in [1.54, 1.807) is 19.1 Å². The number of pyridine rings is 1. The zero-order valence-corrected chi connectivity index (χ0v) is 10.8. The van der Waals surface area contributed by atoms with Gasteiger partial charge in [-0.2, -0.15) is 0 Å². The van der Waals surface area contributed by atoms with Crippen LogP contribution in [0, 0.1) is 18.2 Å². The quantitative estimate of drug-likeness (QED) is 0.669. The van der Waals surface area contributed by atoms with Crippen LogP contribution >= 0.6 is 11.6 Å². The number of nitrogen functional groups attached to an aromatic ring is 1. The number of aromatic nitrogens is 1. The molecular weight excluding hydrogens is 269 g/mol. The Labute approximate surface area is 114 Å². The van der Waals surface area contributed by atoms with E-state index in [-0.39, 0.29) is 28.3 Å². The maximum absolute atomic E-state index is 13.4. The van der Waals surface area contributed by atoms with Crippen molar-refractivity contribution >= 4 is 17.4 Å². The van der Waals surface area contributed by atoms with Crippen LogP contribution in [-0.2, 0) is 0 Å². The topological polar surface area (TPSA) is 72.0 Å². The highest BCUT2D eigenvalue weighted by Gasteiger charge is 2.12. The van der Waals surface area contributed by atoms with Gasteiger partial charge in [0.1, 0.15) is 22.4 Å². The van der Waals surface area contributed by atoms with Crippen molar-refractivity contribution in [1.29, 1.82) is 5.41 Å². The second kappa shape index (κ2) is 5.24. The molecule has 0 amide bonds. The van der Waals surface area contributed by atoms with E-state index in [1.165, 1.54) is 18.3 Å². The molecule has 0 atom stereocenters. The second-order valence-corrected chi connectivity index (χ2v) is 4.28. The third-order valence-corrected chi connectivity index (χ3v) is 2.87. The van der Waals surface area contributed by atoms with Crippen molar-refractivity contribution < 1.29 is 9.13 Å². The minimum atomic E-state index is -0.378. The number of halogens is 2. The number of nitrogens with two attached hydrogens (primary N) is 1. The molecule has 1 aromatic carbocycles. The van der Waals surface area contributed by atoms with Crippen molar-refractivity contribution in [2.45, 2.75) is 6.92 Å². The number of nitrogens with one attached hydrogen (secondary N) is 1. The maximum Gasteiger partial charge on any atom is 0.238 e. The molecule has 0 saturated heterocycles. The van der Waals surface area contributed by atoms with E-state index < -0.39 is 0 Å². The molecule has 0 radical (unpaired) electrons. The average Bonchev–Trinajstić information content (AvgIpc) is 2.36. The number of hydrogen-bond acceptors (Lipinski definition) is 3. The highest BCUT2D eigenvalue weighted by molar-refractivity contribution is 6.35. The summed E-state index contributed by atoms with van der Waals surface area (Å²) in [6.07, 6.45) is 1.42. The van der Waals surface area contributed by atoms with E-state index in [4.69, 9.17) is 27.5 Å². The van der Waals surface area contributed by atoms with Gasteiger partial charge in [-0.25, -0.2) is 9.37 Å². The molecule has 3 N–H and O–H groups in total. The molecular formula is C13H11ClFN3O. The lowest BCUT2D eigenvalue weighted by molar-refractivity contribution is 0.457. The molecule has 0 unspecified atom stereocenters. The summed E-state index contributed by atoms with van der Waals surface area (Å²) in [5, 5.41) is 7.49. The molecule has 2 rings (SSSR count). The van der Waals surface area contributed by atoms with Gasteiger partial charge in [-0.3, -0.25) is 5.41 Å². The number of aryl methyl sites for hydroxylation is 1. The van der Waals surface area contributed by atoms with Crippen molar-refractivity contribution in [3.63, 3.8) is 0 Å². The van der Waals surface area contributed by atoms with Gasteiger partial charge in [-0.05, 0) is 24.6 Å². The predicted octanol–water partition coefficient (Wildman–Crippen LogP) is 3.26. The summed E-state index contributed by atoms with van der Waals surface area (Å²) < 4.78 is 18.8. The molecule has 0 aliphatic rings. The Balaban J connectivity index is 2.35. The first kappa shape index (κ1) is 13.3. The summed E-state index contributed by atoms with van der Waals surface area (Å²) in [7, 11) is 0. The third kappa shape index (κ3) is 2.82. The van der Waals surface area contributed by atoms with Crippen molar-refractivity contribution in [2.24, 2.45) is 5.73 Å². The molecule has 2 aromatic rings. The van der Waals surface area contributed by atoms with Crippen LogP contribution < -0.4 is 10.5 Å². The van der Waals surface area contributed by atoms with E-state index in [0.717, 1.165) is 0 Å². The summed E-state index contributed by atoms with van der Waals surface area (Å²) >= 11 is 6.02. The molecule has 0 saturated carbocycles. The van der Waals surface area contributed by atoms with Gasteiger partial charge in [-0.1, -0.05) is 17.7 Å². The summed E-state index contributed by atoms with van der Waals surface area (Å²) in [5.41, 5.74) is 6.21. The molecule has 19 heavy (non-hydrogen) atoms. The standard InChI is InChI=1S/C13H11ClFN3O/c1-7-2-3-8(6-10(7)15)19-13-11(14)9(12(16)17)4-5-18-13/h2-6H,1H3,(H3,16,17). The lowest BCUT2D eigenvalue weighted by atomic mass is 10.2. The third-order valence-electron chi connectivity index (χ3n) is 2.51. The van der Waals surface area contributed by atoms with Crippen LogP contribution in [0.1, 0.15) is 11.1 Å². The van der Waals surface area contributed by atoms with Crippen LogP contribution in [0.5, 0.6) is 11.6 Å². The Hall–Kier alpha value is -2.14. The van der Waals surface area contributed by atoms with Crippen LogP contribution in [0.25, 0.3) is 0 Å². The van der Waals surface area contributed by atoms with E-state index in [0.29, 0.717) is 11.1 Å². The van der Waals surface area contributed by atoms with Gasteiger partial charge in [0.15, 0.2) is 0 Å². The Morgan fingerprint density at radius 2 is 2.16 bits per heavy atom. The van der Waals surface area contributed by atoms with Crippen LogP contribution in [0.4, 0.5) is 4.39 Å². The number of hydrogen-bond donors (Lipinski definition) is 2. The fourth-order valence-electron chi connectivity index (χ4n) is 1.45. The lowest BCUT2D eigenvalue weighted by Crippen LogP contribution is -2.12. The highest BCUT2D eigenvalue weighted by atomic mass is 35.5. The van der Waals surface area contributed by atoms with Crippen molar-refractivity contribution in [3.8, 4) is 11.6 Å². The fraction of sp³-hybridized carbons (Fsp3) is 0.0769. The minimum absolute atomic E-state index is 0.0811. The predicted molar refractivity (Wildman–Crippen MR) is 71.5 cm³/mol. The van der Waals surface area contributed by atoms with Gasteiger partial charge in [0.2, 0.25) is 5.88 Å². The average molecular weight is 280 g/mol. The van der Waals surface area contributed by atoms with E-state index >= 15 is 0 Å². The Morgan fingerprint density at radius 3 is 2.79 bits per heavy atom. The SMILES string of the molecule is Cc1ccc(Oc2nccc(C(=N)N)c2Cl)cc1F. The molecule has 0 spiro atoms. The van der Waals surface area contributed by atoms with Crippen LogP contribution in [0.15, 0.2) is 30.5 Å². The first-order valence-electron chi connectivity index (χ1n) is 5.42. The first-order chi connectivity index (χ1) is 8.99. The molecule has 4 nitrogen and oxygen atoms in total. The van der Waals surface area contributed by atoms with Crippen LogP contribution in [0.3, 0.4) is 0 Å². The van der Waals surface area contributed by atoms with E-state index in [9.17, 15) is 4.39 Å². The molecule has 98 valence electrons. The monoisotopic (exact) mass is 279 g/mol. The summed E-state index contributed by atoms with van der Waals surface area (Å²) in [4.78, 5) is 3.94. The normalized spacial score (nSPS) is 10.3. The Morgan fingerprint density at radius 1 is 1.42 bits per heavy atom. The second-order valence-electron chi connectivity index (χ2n) is 3.90. The first-order valence-corrected chi connectivity index (χ1v) is 5.79. The summed E-state index contributed by atoms with van der Waals surface area (Å²) in [6.45, 7) is 1.65. The number of nitrogens with zero attached hydrogens (tertiary/aromatic N) is 1. The Bertz CT molecular complexity index is 646. The smallest absolute Gasteiger partial charge is 0.238 e. The molecule has 0 aliphatic heterocycles. The summed E-state index contributed by atoms with van der Waals surface area (Å²) in [6, 6.07) is 5.95. The molecule has 0 bridgehead atoms. The highest BCUT2D eigenvalue weighted by Crippen LogP contribution is 2.30. The Kier molecular flexibility index (Phi) is 3.66. The number of rotatable bonds is 3. The van der Waals surface area contributed by atoms with E-state index in [1.807, 2.05) is 0 Å². The van der Waals surface area contributed by atoms with Gasteiger partial charge in [0.05, 0.1) is 0 Å². The van der Waals surface area contributed by atoms with Crippen molar-refractivity contribution in [2.75, 3.05) is 0 Å². The zero-order chi connectivity index (χ0) is 14.0. The van der Waals surface area contributed by atoms with Crippen LogP contribution in [-0.4, -0.2) is 10.8 Å². The van der Waals surface area contributed by atoms with Crippen molar-refractivity contribution in [3.05, 3.63) is 52.4 Å². The minimum Gasteiger partial charge on any atom is -0.437 e. The molecule has 1 aromatic heterocycles. The van der Waals surface area contributed by atoms with Gasteiger partial charge < -0.3 is 10.5 Å². The van der Waals surface area contributed by atoms with Gasteiger partial charge in [0, 0.05) is 17.8 Å². The van der Waals surface area contributed by atoms with Crippen LogP contribution in [0.2, 0.25) is 5.02 Å². The van der Waals surface area contributed by atoms with Gasteiger partial charge in [-0.15, -0.1) is 0 Å². The summed E-state index contributed by atoms with van der Waals surface area (Å²) in [5.74, 6) is -0.209. The fourth-order valence-corrected chi connectivity index (χ4v) is 1.70. The zero-order valence-electron chi connectivity index (χ0n) is 10.1. The maximum atomic E-state index is 13.4. The van der Waals surface area contributed by atoms with E-state index in [2.05, 4.69) is 4.98 Å². The molecule has 0 fully saturated rings. The number of benzene rings is 1. The number of ether oxygens (including phenoxy) is 1.